The van der Waals surface area contributed by atoms with Crippen molar-refractivity contribution in [3.8, 4) is 0 Å². The number of amides is 2. The number of nitro groups is 1. The number of carbonyl (C=O) groups excluding carboxylic acids is 2. The zero-order valence-corrected chi connectivity index (χ0v) is 20.6. The number of hydrogen-bond acceptors (Lipinski definition) is 7. The summed E-state index contributed by atoms with van der Waals surface area (Å²) in [6, 6.07) is 10.5. The normalized spacial score (nSPS) is 11.5. The van der Waals surface area contributed by atoms with Crippen molar-refractivity contribution in [3.63, 3.8) is 0 Å². The van der Waals surface area contributed by atoms with Crippen LogP contribution in [0, 0.1) is 17.0 Å². The smallest absolute Gasteiger partial charge is 0.271 e. The van der Waals surface area contributed by atoms with Gasteiger partial charge in [-0.2, -0.15) is 0 Å². The van der Waals surface area contributed by atoms with Crippen LogP contribution in [0.25, 0.3) is 0 Å². The minimum atomic E-state index is -0.519. The van der Waals surface area contributed by atoms with E-state index in [4.69, 9.17) is 11.6 Å². The Bertz CT molecular complexity index is 1280. The number of aryl methyl sites for hydroxylation is 1. The molecule has 0 aliphatic rings. The Balaban J connectivity index is 1.69. The first kappa shape index (κ1) is 25.9. The van der Waals surface area contributed by atoms with Crippen molar-refractivity contribution in [2.45, 2.75) is 31.6 Å². The molecule has 0 radical (unpaired) electrons. The Hall–Kier alpha value is -3.70. The molecule has 0 aliphatic heterocycles. The Morgan fingerprint density at radius 1 is 1.29 bits per heavy atom. The van der Waals surface area contributed by atoms with Crippen molar-refractivity contribution >= 4 is 46.6 Å². The first-order valence-corrected chi connectivity index (χ1v) is 11.8. The third kappa shape index (κ3) is 6.46. The fourth-order valence-corrected chi connectivity index (χ4v) is 4.16. The molecule has 0 spiro atoms. The van der Waals surface area contributed by atoms with E-state index in [1.165, 1.54) is 12.1 Å². The third-order valence-electron chi connectivity index (χ3n) is 4.95. The van der Waals surface area contributed by atoms with E-state index in [0.717, 1.165) is 11.8 Å². The van der Waals surface area contributed by atoms with Gasteiger partial charge in [0.1, 0.15) is 0 Å². The second-order valence-corrected chi connectivity index (χ2v) is 8.86. The van der Waals surface area contributed by atoms with E-state index >= 15 is 0 Å². The van der Waals surface area contributed by atoms with Crippen LogP contribution in [-0.2, 0) is 11.3 Å². The number of benzene rings is 2. The summed E-state index contributed by atoms with van der Waals surface area (Å²) >= 11 is 7.26. The SMILES string of the molecule is C=CCn1c(SCC(=O)Nc2cc([N+](=O)[O-])ccc2C)nnc1[C@@H](C)NC(=O)c1ccccc1Cl. The Labute approximate surface area is 210 Å². The van der Waals surface area contributed by atoms with Gasteiger partial charge in [-0.25, -0.2) is 0 Å². The van der Waals surface area contributed by atoms with E-state index in [-0.39, 0.29) is 23.3 Å². The molecular formula is C23H23ClN6O4S. The van der Waals surface area contributed by atoms with Crippen molar-refractivity contribution in [2.75, 3.05) is 11.1 Å². The predicted octanol–water partition coefficient (Wildman–Crippen LogP) is 4.56. The average molecular weight is 515 g/mol. The summed E-state index contributed by atoms with van der Waals surface area (Å²) in [7, 11) is 0. The fraction of sp³-hybridized carbons (Fsp3) is 0.217. The average Bonchev–Trinajstić information content (AvgIpc) is 3.22. The van der Waals surface area contributed by atoms with Gasteiger partial charge in [-0.3, -0.25) is 19.7 Å². The first-order valence-electron chi connectivity index (χ1n) is 10.5. The third-order valence-corrected chi connectivity index (χ3v) is 6.25. The molecular weight excluding hydrogens is 492 g/mol. The second kappa shape index (κ2) is 11.6. The highest BCUT2D eigenvalue weighted by Gasteiger charge is 2.21. The number of nitro benzene ring substituents is 1. The van der Waals surface area contributed by atoms with Crippen molar-refractivity contribution in [3.05, 3.63) is 87.2 Å². The highest BCUT2D eigenvalue weighted by atomic mass is 35.5. The maximum Gasteiger partial charge on any atom is 0.271 e. The van der Waals surface area contributed by atoms with Crippen LogP contribution in [0.4, 0.5) is 11.4 Å². The number of carbonyl (C=O) groups is 2. The lowest BCUT2D eigenvalue weighted by Crippen LogP contribution is -2.29. The van der Waals surface area contributed by atoms with Gasteiger partial charge >= 0.3 is 0 Å². The van der Waals surface area contributed by atoms with Crippen LogP contribution in [0.3, 0.4) is 0 Å². The summed E-state index contributed by atoms with van der Waals surface area (Å²) in [5.41, 5.74) is 1.31. The van der Waals surface area contributed by atoms with Gasteiger partial charge in [-0.1, -0.05) is 47.6 Å². The van der Waals surface area contributed by atoms with Crippen molar-refractivity contribution < 1.29 is 14.5 Å². The molecule has 3 rings (SSSR count). The molecule has 35 heavy (non-hydrogen) atoms. The summed E-state index contributed by atoms with van der Waals surface area (Å²) in [6.07, 6.45) is 1.66. The van der Waals surface area contributed by atoms with Gasteiger partial charge in [0, 0.05) is 18.7 Å². The van der Waals surface area contributed by atoms with E-state index in [0.29, 0.717) is 39.4 Å². The second-order valence-electron chi connectivity index (χ2n) is 7.51. The van der Waals surface area contributed by atoms with E-state index in [9.17, 15) is 19.7 Å². The predicted molar refractivity (Wildman–Crippen MR) is 135 cm³/mol. The number of aromatic nitrogens is 3. The molecule has 0 aliphatic carbocycles. The van der Waals surface area contributed by atoms with Gasteiger partial charge in [0.2, 0.25) is 5.91 Å². The van der Waals surface area contributed by atoms with Gasteiger partial charge in [0.05, 0.1) is 33.0 Å². The standard InChI is InChI=1S/C23H23ClN6O4S/c1-4-11-29-21(15(3)25-22(32)17-7-5-6-8-18(17)24)27-28-23(29)35-13-20(31)26-19-12-16(30(33)34)10-9-14(19)2/h4-10,12,15H,1,11,13H2,2-3H3,(H,25,32)(H,26,31)/t15-/m1/s1. The maximum absolute atomic E-state index is 12.6. The number of nitrogens with one attached hydrogen (secondary N) is 2. The fourth-order valence-electron chi connectivity index (χ4n) is 3.19. The number of rotatable bonds is 10. The van der Waals surface area contributed by atoms with E-state index in [2.05, 4.69) is 27.4 Å². The van der Waals surface area contributed by atoms with Crippen LogP contribution < -0.4 is 10.6 Å². The monoisotopic (exact) mass is 514 g/mol. The van der Waals surface area contributed by atoms with Crippen LogP contribution in [0.1, 0.15) is 34.7 Å². The number of allylic oxidation sites excluding steroid dienone is 1. The lowest BCUT2D eigenvalue weighted by atomic mass is 10.2. The Morgan fingerprint density at radius 2 is 2.03 bits per heavy atom. The number of hydrogen-bond donors (Lipinski definition) is 2. The van der Waals surface area contributed by atoms with Gasteiger partial charge in [0.15, 0.2) is 11.0 Å². The number of halogens is 1. The topological polar surface area (TPSA) is 132 Å². The zero-order valence-electron chi connectivity index (χ0n) is 19.0. The molecule has 2 aromatic carbocycles. The molecule has 1 aromatic heterocycles. The highest BCUT2D eigenvalue weighted by Crippen LogP contribution is 2.24. The molecule has 0 fully saturated rings. The number of thioether (sulfide) groups is 1. The molecule has 2 amide bonds. The molecule has 10 nitrogen and oxygen atoms in total. The van der Waals surface area contributed by atoms with Crippen LogP contribution >= 0.6 is 23.4 Å². The van der Waals surface area contributed by atoms with E-state index in [1.807, 2.05) is 0 Å². The molecule has 1 atom stereocenters. The van der Waals surface area contributed by atoms with Crippen molar-refractivity contribution in [2.24, 2.45) is 0 Å². The largest absolute Gasteiger partial charge is 0.342 e. The summed E-state index contributed by atoms with van der Waals surface area (Å²) in [4.78, 5) is 35.6. The Kier molecular flexibility index (Phi) is 8.61. The van der Waals surface area contributed by atoms with Crippen LogP contribution in [0.15, 0.2) is 60.3 Å². The molecule has 3 aromatic rings. The minimum absolute atomic E-state index is 0.00221. The zero-order chi connectivity index (χ0) is 25.5. The van der Waals surface area contributed by atoms with E-state index in [1.54, 1.807) is 54.8 Å². The highest BCUT2D eigenvalue weighted by molar-refractivity contribution is 7.99. The van der Waals surface area contributed by atoms with Gasteiger partial charge in [0.25, 0.3) is 11.6 Å². The van der Waals surface area contributed by atoms with Crippen molar-refractivity contribution in [1.29, 1.82) is 0 Å². The quantitative estimate of drug-likeness (QED) is 0.175. The molecule has 0 saturated heterocycles. The molecule has 1 heterocycles. The maximum atomic E-state index is 12.6. The summed E-state index contributed by atoms with van der Waals surface area (Å²) in [6.45, 7) is 7.64. The summed E-state index contributed by atoms with van der Waals surface area (Å²) in [5.74, 6) is -0.217. The molecule has 0 saturated carbocycles. The summed E-state index contributed by atoms with van der Waals surface area (Å²) in [5, 5.41) is 25.7. The van der Waals surface area contributed by atoms with Gasteiger partial charge < -0.3 is 15.2 Å². The molecule has 0 unspecified atom stereocenters. The summed E-state index contributed by atoms with van der Waals surface area (Å²) < 4.78 is 1.75. The molecule has 12 heteroatoms. The van der Waals surface area contributed by atoms with Crippen LogP contribution in [0.2, 0.25) is 5.02 Å². The molecule has 182 valence electrons. The lowest BCUT2D eigenvalue weighted by molar-refractivity contribution is -0.384. The number of non-ortho nitro benzene ring substituents is 1. The van der Waals surface area contributed by atoms with Gasteiger partial charge in [-0.15, -0.1) is 16.8 Å². The number of nitrogens with zero attached hydrogens (tertiary/aromatic N) is 4. The van der Waals surface area contributed by atoms with Crippen LogP contribution in [-0.4, -0.2) is 37.3 Å². The lowest BCUT2D eigenvalue weighted by Gasteiger charge is -2.15. The molecule has 2 N–H and O–H groups in total. The first-order chi connectivity index (χ1) is 16.7. The van der Waals surface area contributed by atoms with Crippen molar-refractivity contribution in [1.82, 2.24) is 20.1 Å². The van der Waals surface area contributed by atoms with Crippen LogP contribution in [0.5, 0.6) is 0 Å². The Morgan fingerprint density at radius 3 is 2.71 bits per heavy atom. The number of anilines is 1. The van der Waals surface area contributed by atoms with E-state index < -0.39 is 11.0 Å². The molecule has 0 bridgehead atoms. The minimum Gasteiger partial charge on any atom is -0.342 e. The van der Waals surface area contributed by atoms with Gasteiger partial charge in [-0.05, 0) is 31.5 Å².